The van der Waals surface area contributed by atoms with Crippen LogP contribution in [0.5, 0.6) is 0 Å². The molecule has 1 aromatic rings. The number of hydrogen-bond donors (Lipinski definition) is 0. The van der Waals surface area contributed by atoms with Crippen LogP contribution in [-0.4, -0.2) is 34.3 Å². The fraction of sp³-hybridized carbons (Fsp3) is 0.500. The molecule has 1 aliphatic heterocycles. The van der Waals surface area contributed by atoms with Crippen molar-refractivity contribution < 1.29 is 0 Å². The van der Waals surface area contributed by atoms with Gasteiger partial charge >= 0.3 is 0 Å². The summed E-state index contributed by atoms with van der Waals surface area (Å²) in [6.07, 6.45) is 9.56. The van der Waals surface area contributed by atoms with Crippen LogP contribution >= 0.6 is 0 Å². The molecule has 1 fully saturated rings. The summed E-state index contributed by atoms with van der Waals surface area (Å²) in [5, 5.41) is 13.2. The molecule has 2 heterocycles. The summed E-state index contributed by atoms with van der Waals surface area (Å²) >= 11 is 0. The molecule has 16 heavy (non-hydrogen) atoms. The van der Waals surface area contributed by atoms with Crippen molar-refractivity contribution in [3.05, 3.63) is 18.0 Å². The lowest BCUT2D eigenvalue weighted by Crippen LogP contribution is -2.62. The van der Waals surface area contributed by atoms with Gasteiger partial charge in [0, 0.05) is 19.3 Å². The van der Waals surface area contributed by atoms with Crippen molar-refractivity contribution in [3.8, 4) is 18.4 Å². The number of nitriles is 1. The zero-order valence-corrected chi connectivity index (χ0v) is 9.35. The SMILES string of the molecule is C#CCN1CC(CC#N)(n2cc(C)cn2)C1. The van der Waals surface area contributed by atoms with Crippen LogP contribution < -0.4 is 0 Å². The average molecular weight is 214 g/mol. The molecule has 1 aromatic heterocycles. The van der Waals surface area contributed by atoms with Gasteiger partial charge < -0.3 is 0 Å². The van der Waals surface area contributed by atoms with Gasteiger partial charge in [-0.2, -0.15) is 10.4 Å². The molecule has 0 spiro atoms. The first-order valence-corrected chi connectivity index (χ1v) is 5.25. The fourth-order valence-corrected chi connectivity index (χ4v) is 2.18. The number of hydrogen-bond acceptors (Lipinski definition) is 3. The van der Waals surface area contributed by atoms with Crippen LogP contribution in [0.2, 0.25) is 0 Å². The minimum absolute atomic E-state index is 0.167. The molecule has 82 valence electrons. The van der Waals surface area contributed by atoms with E-state index in [0.29, 0.717) is 13.0 Å². The first kappa shape index (κ1) is 10.7. The number of terminal acetylenes is 1. The van der Waals surface area contributed by atoms with Crippen LogP contribution in [0.1, 0.15) is 12.0 Å². The lowest BCUT2D eigenvalue weighted by Gasteiger charge is -2.48. The van der Waals surface area contributed by atoms with Gasteiger partial charge in [0.15, 0.2) is 0 Å². The molecule has 2 rings (SSSR count). The van der Waals surface area contributed by atoms with Crippen LogP contribution in [-0.2, 0) is 5.54 Å². The lowest BCUT2D eigenvalue weighted by atomic mass is 9.87. The molecule has 1 aliphatic rings. The largest absolute Gasteiger partial charge is 0.287 e. The predicted octanol–water partition coefficient (Wildman–Crippen LogP) is 0.749. The third-order valence-electron chi connectivity index (χ3n) is 2.96. The highest BCUT2D eigenvalue weighted by Crippen LogP contribution is 2.31. The maximum Gasteiger partial charge on any atom is 0.101 e. The quantitative estimate of drug-likeness (QED) is 0.697. The van der Waals surface area contributed by atoms with Crippen LogP contribution in [0.25, 0.3) is 0 Å². The Labute approximate surface area is 95.5 Å². The molecule has 0 bridgehead atoms. The van der Waals surface area contributed by atoms with Gasteiger partial charge in [-0.05, 0) is 12.5 Å². The Balaban J connectivity index is 2.15. The summed E-state index contributed by atoms with van der Waals surface area (Å²) < 4.78 is 1.92. The third-order valence-corrected chi connectivity index (χ3v) is 2.96. The van der Waals surface area contributed by atoms with Crippen LogP contribution in [0.15, 0.2) is 12.4 Å². The molecular weight excluding hydrogens is 200 g/mol. The first-order valence-electron chi connectivity index (χ1n) is 5.25. The Morgan fingerprint density at radius 2 is 2.38 bits per heavy atom. The summed E-state index contributed by atoms with van der Waals surface area (Å²) in [6.45, 7) is 4.27. The summed E-state index contributed by atoms with van der Waals surface area (Å²) in [5.41, 5.74) is 0.951. The normalized spacial score (nSPS) is 18.4. The van der Waals surface area contributed by atoms with Gasteiger partial charge in [-0.25, -0.2) is 0 Å². The fourth-order valence-electron chi connectivity index (χ4n) is 2.18. The van der Waals surface area contributed by atoms with Gasteiger partial charge in [-0.1, -0.05) is 5.92 Å². The summed E-state index contributed by atoms with van der Waals surface area (Å²) in [7, 11) is 0. The topological polar surface area (TPSA) is 44.9 Å². The van der Waals surface area contributed by atoms with E-state index >= 15 is 0 Å². The number of aryl methyl sites for hydroxylation is 1. The molecule has 0 radical (unpaired) electrons. The zero-order chi connectivity index (χ0) is 11.6. The van der Waals surface area contributed by atoms with Crippen molar-refractivity contribution in [1.29, 1.82) is 5.26 Å². The molecular formula is C12H14N4. The first-order chi connectivity index (χ1) is 7.70. The lowest BCUT2D eigenvalue weighted by molar-refractivity contribution is 0.0159. The Morgan fingerprint density at radius 1 is 1.62 bits per heavy atom. The highest BCUT2D eigenvalue weighted by atomic mass is 15.4. The predicted molar refractivity (Wildman–Crippen MR) is 60.4 cm³/mol. The maximum atomic E-state index is 8.90. The summed E-state index contributed by atoms with van der Waals surface area (Å²) in [4.78, 5) is 2.15. The van der Waals surface area contributed by atoms with E-state index in [0.717, 1.165) is 18.7 Å². The van der Waals surface area contributed by atoms with E-state index in [4.69, 9.17) is 11.7 Å². The van der Waals surface area contributed by atoms with E-state index in [-0.39, 0.29) is 5.54 Å². The smallest absolute Gasteiger partial charge is 0.101 e. The molecule has 0 saturated carbocycles. The van der Waals surface area contributed by atoms with Crippen molar-refractivity contribution in [2.45, 2.75) is 18.9 Å². The Kier molecular flexibility index (Phi) is 2.68. The average Bonchev–Trinajstić information content (AvgIpc) is 2.62. The molecule has 0 N–H and O–H groups in total. The minimum Gasteiger partial charge on any atom is -0.287 e. The number of likely N-dealkylation sites (tertiary alicyclic amines) is 1. The van der Waals surface area contributed by atoms with Gasteiger partial charge in [0.25, 0.3) is 0 Å². The van der Waals surface area contributed by atoms with Crippen LogP contribution in [0, 0.1) is 30.6 Å². The van der Waals surface area contributed by atoms with Gasteiger partial charge in [0.05, 0.1) is 25.2 Å². The maximum absolute atomic E-state index is 8.90. The molecule has 0 unspecified atom stereocenters. The second-order valence-electron chi connectivity index (χ2n) is 4.37. The summed E-state index contributed by atoms with van der Waals surface area (Å²) in [5.74, 6) is 2.62. The minimum atomic E-state index is -0.167. The van der Waals surface area contributed by atoms with Gasteiger partial charge in [0.2, 0.25) is 0 Å². The van der Waals surface area contributed by atoms with Crippen molar-refractivity contribution in [2.24, 2.45) is 0 Å². The number of nitrogens with zero attached hydrogens (tertiary/aromatic N) is 4. The Morgan fingerprint density at radius 3 is 2.88 bits per heavy atom. The van der Waals surface area contributed by atoms with E-state index in [1.807, 2.05) is 24.0 Å². The van der Waals surface area contributed by atoms with Crippen LogP contribution in [0.4, 0.5) is 0 Å². The zero-order valence-electron chi connectivity index (χ0n) is 9.35. The monoisotopic (exact) mass is 214 g/mol. The molecule has 0 atom stereocenters. The van der Waals surface area contributed by atoms with E-state index in [2.05, 4.69) is 22.0 Å². The van der Waals surface area contributed by atoms with Gasteiger partial charge in [-0.3, -0.25) is 9.58 Å². The van der Waals surface area contributed by atoms with E-state index in [1.54, 1.807) is 0 Å². The van der Waals surface area contributed by atoms with Crippen LogP contribution in [0.3, 0.4) is 0 Å². The van der Waals surface area contributed by atoms with E-state index in [1.165, 1.54) is 0 Å². The molecule has 4 nitrogen and oxygen atoms in total. The van der Waals surface area contributed by atoms with Gasteiger partial charge in [0.1, 0.15) is 5.54 Å². The standard InChI is InChI=1S/C12H14N4/c1-3-6-15-9-12(10-15,4-5-13)16-8-11(2)7-14-16/h1,7-8H,4,6,9-10H2,2H3. The molecule has 0 amide bonds. The molecule has 4 heteroatoms. The van der Waals surface area contributed by atoms with Crippen molar-refractivity contribution in [2.75, 3.05) is 19.6 Å². The molecule has 1 saturated heterocycles. The number of rotatable bonds is 3. The van der Waals surface area contributed by atoms with E-state index in [9.17, 15) is 0 Å². The summed E-state index contributed by atoms with van der Waals surface area (Å²) in [6, 6.07) is 2.24. The Hall–Kier alpha value is -1.78. The van der Waals surface area contributed by atoms with E-state index < -0.39 is 0 Å². The van der Waals surface area contributed by atoms with Crippen molar-refractivity contribution >= 4 is 0 Å². The van der Waals surface area contributed by atoms with Crippen molar-refractivity contribution in [3.63, 3.8) is 0 Å². The second-order valence-corrected chi connectivity index (χ2v) is 4.37. The highest BCUT2D eigenvalue weighted by Gasteiger charge is 2.44. The second kappa shape index (κ2) is 4.00. The highest BCUT2D eigenvalue weighted by molar-refractivity contribution is 5.11. The Bertz CT molecular complexity index is 454. The molecule has 0 aliphatic carbocycles. The van der Waals surface area contributed by atoms with Gasteiger partial charge in [-0.15, -0.1) is 6.42 Å². The molecule has 0 aromatic carbocycles. The third kappa shape index (κ3) is 1.68. The van der Waals surface area contributed by atoms with Crippen molar-refractivity contribution in [1.82, 2.24) is 14.7 Å². The number of aromatic nitrogens is 2.